The standard InChI is InChI=1S/C9H15NO2/c1-2-9(5-10)12-7-8-3-4-11-6-8/h8-9H,2-4,6-7H2,1H3. The molecule has 0 aromatic carbocycles. The molecule has 3 nitrogen and oxygen atoms in total. The van der Waals surface area contributed by atoms with Crippen LogP contribution in [-0.2, 0) is 9.47 Å². The number of nitriles is 1. The van der Waals surface area contributed by atoms with Gasteiger partial charge in [-0.3, -0.25) is 0 Å². The van der Waals surface area contributed by atoms with Crippen LogP contribution in [0.15, 0.2) is 0 Å². The van der Waals surface area contributed by atoms with Crippen LogP contribution in [0.2, 0.25) is 0 Å². The zero-order chi connectivity index (χ0) is 8.81. The second-order valence-electron chi connectivity index (χ2n) is 3.09. The van der Waals surface area contributed by atoms with Crippen molar-refractivity contribution in [1.82, 2.24) is 0 Å². The lowest BCUT2D eigenvalue weighted by Gasteiger charge is -2.11. The summed E-state index contributed by atoms with van der Waals surface area (Å²) in [5.41, 5.74) is 0. The van der Waals surface area contributed by atoms with Crippen LogP contribution in [0, 0.1) is 17.2 Å². The molecule has 2 atom stereocenters. The first-order valence-corrected chi connectivity index (χ1v) is 4.45. The largest absolute Gasteiger partial charge is 0.381 e. The van der Waals surface area contributed by atoms with Gasteiger partial charge in [0.1, 0.15) is 6.10 Å². The number of hydrogen-bond donors (Lipinski definition) is 0. The Morgan fingerprint density at radius 3 is 3.08 bits per heavy atom. The van der Waals surface area contributed by atoms with Crippen LogP contribution >= 0.6 is 0 Å². The molecule has 0 aliphatic carbocycles. The van der Waals surface area contributed by atoms with Crippen molar-refractivity contribution < 1.29 is 9.47 Å². The summed E-state index contributed by atoms with van der Waals surface area (Å²) in [6.07, 6.45) is 1.61. The summed E-state index contributed by atoms with van der Waals surface area (Å²) in [6.45, 7) is 4.27. The SMILES string of the molecule is CCC(C#N)OCC1CCOC1. The van der Waals surface area contributed by atoms with Gasteiger partial charge in [-0.15, -0.1) is 0 Å². The van der Waals surface area contributed by atoms with Crippen molar-refractivity contribution in [3.8, 4) is 6.07 Å². The van der Waals surface area contributed by atoms with Crippen molar-refractivity contribution in [1.29, 1.82) is 5.26 Å². The maximum Gasteiger partial charge on any atom is 0.143 e. The zero-order valence-electron chi connectivity index (χ0n) is 7.45. The Kier molecular flexibility index (Phi) is 4.06. The molecule has 12 heavy (non-hydrogen) atoms. The Bertz CT molecular complexity index is 158. The average molecular weight is 169 g/mol. The monoisotopic (exact) mass is 169 g/mol. The number of ether oxygens (including phenoxy) is 2. The Morgan fingerprint density at radius 2 is 2.58 bits per heavy atom. The van der Waals surface area contributed by atoms with Crippen molar-refractivity contribution in [2.45, 2.75) is 25.9 Å². The van der Waals surface area contributed by atoms with Crippen molar-refractivity contribution in [3.63, 3.8) is 0 Å². The lowest BCUT2D eigenvalue weighted by Crippen LogP contribution is -2.16. The minimum Gasteiger partial charge on any atom is -0.381 e. The normalized spacial score (nSPS) is 25.2. The van der Waals surface area contributed by atoms with Crippen LogP contribution in [0.5, 0.6) is 0 Å². The number of hydrogen-bond acceptors (Lipinski definition) is 3. The predicted octanol–water partition coefficient (Wildman–Crippen LogP) is 1.34. The molecule has 1 saturated heterocycles. The lowest BCUT2D eigenvalue weighted by molar-refractivity contribution is 0.0543. The molecule has 1 rings (SSSR count). The first-order chi connectivity index (χ1) is 5.86. The molecule has 1 fully saturated rings. The molecule has 0 spiro atoms. The molecule has 68 valence electrons. The fourth-order valence-corrected chi connectivity index (χ4v) is 1.21. The van der Waals surface area contributed by atoms with Crippen molar-refractivity contribution in [2.75, 3.05) is 19.8 Å². The summed E-state index contributed by atoms with van der Waals surface area (Å²) in [7, 11) is 0. The summed E-state index contributed by atoms with van der Waals surface area (Å²) in [6, 6.07) is 2.11. The highest BCUT2D eigenvalue weighted by Crippen LogP contribution is 2.13. The van der Waals surface area contributed by atoms with Crippen molar-refractivity contribution in [3.05, 3.63) is 0 Å². The van der Waals surface area contributed by atoms with Crippen LogP contribution in [0.1, 0.15) is 19.8 Å². The molecule has 1 heterocycles. The third-order valence-electron chi connectivity index (χ3n) is 2.07. The minimum absolute atomic E-state index is 0.231. The van der Waals surface area contributed by atoms with Gasteiger partial charge in [0.05, 0.1) is 19.3 Å². The fraction of sp³-hybridized carbons (Fsp3) is 0.889. The fourth-order valence-electron chi connectivity index (χ4n) is 1.21. The molecule has 0 saturated carbocycles. The molecule has 0 aromatic heterocycles. The van der Waals surface area contributed by atoms with Gasteiger partial charge < -0.3 is 9.47 Å². The van der Waals surface area contributed by atoms with E-state index in [2.05, 4.69) is 6.07 Å². The Morgan fingerprint density at radius 1 is 1.75 bits per heavy atom. The second-order valence-corrected chi connectivity index (χ2v) is 3.09. The molecule has 0 bridgehead atoms. The molecule has 2 unspecified atom stereocenters. The van der Waals surface area contributed by atoms with E-state index in [1.165, 1.54) is 0 Å². The van der Waals surface area contributed by atoms with Gasteiger partial charge in [0, 0.05) is 12.5 Å². The van der Waals surface area contributed by atoms with E-state index in [4.69, 9.17) is 14.7 Å². The van der Waals surface area contributed by atoms with Crippen LogP contribution in [-0.4, -0.2) is 25.9 Å². The zero-order valence-corrected chi connectivity index (χ0v) is 7.45. The van der Waals surface area contributed by atoms with Gasteiger partial charge in [-0.1, -0.05) is 6.92 Å². The van der Waals surface area contributed by atoms with Gasteiger partial charge >= 0.3 is 0 Å². The van der Waals surface area contributed by atoms with E-state index in [1.807, 2.05) is 6.92 Å². The van der Waals surface area contributed by atoms with Crippen molar-refractivity contribution >= 4 is 0 Å². The Balaban J connectivity index is 2.11. The summed E-state index contributed by atoms with van der Waals surface area (Å²) >= 11 is 0. The van der Waals surface area contributed by atoms with Crippen LogP contribution < -0.4 is 0 Å². The summed E-state index contributed by atoms with van der Waals surface area (Å²) in [4.78, 5) is 0. The quantitative estimate of drug-likeness (QED) is 0.637. The first-order valence-electron chi connectivity index (χ1n) is 4.45. The Hall–Kier alpha value is -0.590. The van der Waals surface area contributed by atoms with Crippen molar-refractivity contribution in [2.24, 2.45) is 5.92 Å². The van der Waals surface area contributed by atoms with Gasteiger partial charge in [-0.25, -0.2) is 0 Å². The third kappa shape index (κ3) is 2.80. The van der Waals surface area contributed by atoms with Gasteiger partial charge in [-0.2, -0.15) is 5.26 Å². The van der Waals surface area contributed by atoms with E-state index >= 15 is 0 Å². The first kappa shape index (κ1) is 9.50. The van der Waals surface area contributed by atoms with E-state index < -0.39 is 0 Å². The molecule has 1 aliphatic rings. The average Bonchev–Trinajstić information content (AvgIpc) is 2.59. The molecule has 0 aromatic rings. The molecule has 3 heteroatoms. The van der Waals surface area contributed by atoms with E-state index in [0.29, 0.717) is 12.5 Å². The smallest absolute Gasteiger partial charge is 0.143 e. The number of nitrogens with zero attached hydrogens (tertiary/aromatic N) is 1. The Labute approximate surface area is 73.3 Å². The summed E-state index contributed by atoms with van der Waals surface area (Å²) in [5.74, 6) is 0.507. The van der Waals surface area contributed by atoms with Gasteiger partial charge in [0.25, 0.3) is 0 Å². The predicted molar refractivity (Wildman–Crippen MR) is 44.6 cm³/mol. The van der Waals surface area contributed by atoms with Gasteiger partial charge in [0.15, 0.2) is 0 Å². The second kappa shape index (κ2) is 5.13. The van der Waals surface area contributed by atoms with Crippen LogP contribution in [0.4, 0.5) is 0 Å². The highest BCUT2D eigenvalue weighted by molar-refractivity contribution is 4.82. The third-order valence-corrected chi connectivity index (χ3v) is 2.07. The van der Waals surface area contributed by atoms with E-state index in [1.54, 1.807) is 0 Å². The van der Waals surface area contributed by atoms with E-state index in [0.717, 1.165) is 26.1 Å². The minimum atomic E-state index is -0.231. The lowest BCUT2D eigenvalue weighted by atomic mass is 10.1. The van der Waals surface area contributed by atoms with Crippen LogP contribution in [0.3, 0.4) is 0 Å². The highest BCUT2D eigenvalue weighted by atomic mass is 16.5. The van der Waals surface area contributed by atoms with E-state index in [-0.39, 0.29) is 6.10 Å². The van der Waals surface area contributed by atoms with Crippen LogP contribution in [0.25, 0.3) is 0 Å². The molecular weight excluding hydrogens is 154 g/mol. The summed E-state index contributed by atoms with van der Waals surface area (Å²) in [5, 5.41) is 8.59. The maximum absolute atomic E-state index is 8.59. The summed E-state index contributed by atoms with van der Waals surface area (Å²) < 4.78 is 10.6. The molecule has 0 amide bonds. The molecule has 0 N–H and O–H groups in total. The molecular formula is C9H15NO2. The molecule has 0 radical (unpaired) electrons. The van der Waals surface area contributed by atoms with Gasteiger partial charge in [-0.05, 0) is 12.8 Å². The topological polar surface area (TPSA) is 42.2 Å². The molecule has 1 aliphatic heterocycles. The number of rotatable bonds is 4. The van der Waals surface area contributed by atoms with E-state index in [9.17, 15) is 0 Å². The highest BCUT2D eigenvalue weighted by Gasteiger charge is 2.17. The van der Waals surface area contributed by atoms with Gasteiger partial charge in [0.2, 0.25) is 0 Å². The maximum atomic E-state index is 8.59.